The number of anilines is 1. The van der Waals surface area contributed by atoms with Crippen LogP contribution in [0, 0.1) is 6.92 Å². The number of hydrogen-bond acceptors (Lipinski definition) is 4. The van der Waals surface area contributed by atoms with Crippen molar-refractivity contribution < 1.29 is 0 Å². The smallest absolute Gasteiger partial charge is 0.181 e. The number of thiazole rings is 1. The molecule has 0 unspecified atom stereocenters. The van der Waals surface area contributed by atoms with Crippen LogP contribution in [0.25, 0.3) is 0 Å². The van der Waals surface area contributed by atoms with Crippen LogP contribution in [0.1, 0.15) is 17.7 Å². The number of aromatic nitrogens is 1. The molecule has 2 rings (SSSR count). The Bertz CT molecular complexity index is 466. The Hall–Kier alpha value is -1.00. The molecule has 0 atom stereocenters. The first-order valence-electron chi connectivity index (χ1n) is 5.65. The predicted octanol–water partition coefficient (Wildman–Crippen LogP) is 3.76. The van der Waals surface area contributed by atoms with Gasteiger partial charge in [0, 0.05) is 0 Å². The first-order valence-corrected chi connectivity index (χ1v) is 7.45. The summed E-state index contributed by atoms with van der Waals surface area (Å²) in [7, 11) is 0. The highest BCUT2D eigenvalue weighted by molar-refractivity contribution is 8.01. The Morgan fingerprint density at radius 3 is 2.71 bits per heavy atom. The van der Waals surface area contributed by atoms with Crippen molar-refractivity contribution in [1.82, 2.24) is 4.98 Å². The van der Waals surface area contributed by atoms with Crippen LogP contribution in [-0.4, -0.2) is 10.7 Å². The molecule has 2 N–H and O–H groups in total. The fraction of sp³-hybridized carbons (Fsp3) is 0.308. The summed E-state index contributed by atoms with van der Waals surface area (Å²) in [6, 6.07) is 10.6. The molecule has 0 fully saturated rings. The normalized spacial score (nSPS) is 10.6. The Labute approximate surface area is 110 Å². The number of benzene rings is 1. The van der Waals surface area contributed by atoms with Crippen molar-refractivity contribution in [3.63, 3.8) is 0 Å². The largest absolute Gasteiger partial charge is 0.375 e. The second kappa shape index (κ2) is 6.07. The highest BCUT2D eigenvalue weighted by atomic mass is 32.2. The van der Waals surface area contributed by atoms with E-state index in [0.717, 1.165) is 17.9 Å². The molecule has 0 aliphatic carbocycles. The van der Waals surface area contributed by atoms with Crippen LogP contribution in [0.3, 0.4) is 0 Å². The van der Waals surface area contributed by atoms with E-state index in [9.17, 15) is 0 Å². The summed E-state index contributed by atoms with van der Waals surface area (Å²) in [5.74, 6) is 1.12. The lowest BCUT2D eigenvalue weighted by Gasteiger charge is -2.00. The molecule has 0 amide bonds. The maximum absolute atomic E-state index is 5.67. The van der Waals surface area contributed by atoms with Crippen molar-refractivity contribution in [3.8, 4) is 0 Å². The zero-order chi connectivity index (χ0) is 12.1. The number of hydrogen-bond donors (Lipinski definition) is 1. The molecule has 1 aromatic heterocycles. The van der Waals surface area contributed by atoms with Crippen molar-refractivity contribution >= 4 is 28.2 Å². The van der Waals surface area contributed by atoms with Gasteiger partial charge in [-0.3, -0.25) is 0 Å². The Morgan fingerprint density at radius 1 is 1.29 bits per heavy atom. The lowest BCUT2D eigenvalue weighted by atomic mass is 10.1. The third-order valence-electron chi connectivity index (χ3n) is 2.46. The number of nitrogens with two attached hydrogens (primary N) is 1. The number of nitrogens with zero attached hydrogens (tertiary/aromatic N) is 1. The molecule has 90 valence electrons. The van der Waals surface area contributed by atoms with E-state index < -0.39 is 0 Å². The van der Waals surface area contributed by atoms with Gasteiger partial charge in [0.1, 0.15) is 0 Å². The lowest BCUT2D eigenvalue weighted by molar-refractivity contribution is 0.933. The molecule has 2 nitrogen and oxygen atoms in total. The predicted molar refractivity (Wildman–Crippen MR) is 76.8 cm³/mol. The Morgan fingerprint density at radius 2 is 2.06 bits per heavy atom. The Balaban J connectivity index is 1.75. The van der Waals surface area contributed by atoms with Gasteiger partial charge in [0.05, 0.1) is 9.90 Å². The number of thioether (sulfide) groups is 1. The highest BCUT2D eigenvalue weighted by Crippen LogP contribution is 2.30. The van der Waals surface area contributed by atoms with Crippen molar-refractivity contribution in [2.24, 2.45) is 0 Å². The molecule has 1 aromatic carbocycles. The van der Waals surface area contributed by atoms with Crippen LogP contribution in [0.4, 0.5) is 5.13 Å². The van der Waals surface area contributed by atoms with E-state index in [0.29, 0.717) is 5.13 Å². The van der Waals surface area contributed by atoms with E-state index in [-0.39, 0.29) is 0 Å². The summed E-state index contributed by atoms with van der Waals surface area (Å²) in [6.07, 6.45) is 2.33. The zero-order valence-electron chi connectivity index (χ0n) is 9.85. The number of rotatable bonds is 5. The van der Waals surface area contributed by atoms with Crippen molar-refractivity contribution in [2.75, 3.05) is 11.5 Å². The van der Waals surface area contributed by atoms with Crippen LogP contribution in [0.2, 0.25) is 0 Å². The molecule has 0 spiro atoms. The average Bonchev–Trinajstić information content (AvgIpc) is 2.65. The number of nitrogen functional groups attached to an aromatic ring is 1. The molecule has 4 heteroatoms. The number of aryl methyl sites for hydroxylation is 2. The van der Waals surface area contributed by atoms with Gasteiger partial charge in [0.25, 0.3) is 0 Å². The lowest BCUT2D eigenvalue weighted by Crippen LogP contribution is -1.87. The second-order valence-electron chi connectivity index (χ2n) is 3.86. The van der Waals surface area contributed by atoms with Gasteiger partial charge in [-0.05, 0) is 31.1 Å². The molecule has 0 saturated carbocycles. The molecule has 0 aliphatic rings. The quantitative estimate of drug-likeness (QED) is 0.660. The molecule has 0 radical (unpaired) electrons. The minimum absolute atomic E-state index is 0.674. The van der Waals surface area contributed by atoms with Gasteiger partial charge in [-0.15, -0.1) is 11.8 Å². The summed E-state index contributed by atoms with van der Waals surface area (Å²) in [4.78, 5) is 4.22. The fourth-order valence-electron chi connectivity index (χ4n) is 1.62. The molecule has 2 aromatic rings. The van der Waals surface area contributed by atoms with Gasteiger partial charge in [0.15, 0.2) is 5.13 Å². The second-order valence-corrected chi connectivity index (χ2v) is 6.26. The van der Waals surface area contributed by atoms with Crippen LogP contribution in [0.5, 0.6) is 0 Å². The average molecular weight is 264 g/mol. The molecular weight excluding hydrogens is 248 g/mol. The van der Waals surface area contributed by atoms with Crippen LogP contribution in [-0.2, 0) is 6.42 Å². The van der Waals surface area contributed by atoms with E-state index in [1.54, 1.807) is 11.3 Å². The molecule has 0 aliphatic heterocycles. The van der Waals surface area contributed by atoms with E-state index in [1.807, 2.05) is 18.7 Å². The highest BCUT2D eigenvalue weighted by Gasteiger charge is 2.05. The first-order chi connectivity index (χ1) is 8.25. The maximum Gasteiger partial charge on any atom is 0.181 e. The SMILES string of the molecule is Cc1nc(N)sc1SCCCc1ccccc1. The van der Waals surface area contributed by atoms with E-state index in [2.05, 4.69) is 35.3 Å². The third-order valence-corrected chi connectivity index (χ3v) is 4.89. The molecule has 1 heterocycles. The van der Waals surface area contributed by atoms with Gasteiger partial charge in [-0.1, -0.05) is 41.7 Å². The van der Waals surface area contributed by atoms with Crippen LogP contribution >= 0.6 is 23.1 Å². The molecule has 17 heavy (non-hydrogen) atoms. The van der Waals surface area contributed by atoms with E-state index in [1.165, 1.54) is 16.2 Å². The fourth-order valence-corrected chi connectivity index (χ4v) is 3.66. The van der Waals surface area contributed by atoms with Gasteiger partial charge in [-0.25, -0.2) is 4.98 Å². The van der Waals surface area contributed by atoms with Crippen molar-refractivity contribution in [1.29, 1.82) is 0 Å². The van der Waals surface area contributed by atoms with Gasteiger partial charge in [0.2, 0.25) is 0 Å². The van der Waals surface area contributed by atoms with Gasteiger partial charge in [-0.2, -0.15) is 0 Å². The monoisotopic (exact) mass is 264 g/mol. The van der Waals surface area contributed by atoms with Gasteiger partial charge >= 0.3 is 0 Å². The standard InChI is InChI=1S/C13H16N2S2/c1-10-12(17-13(14)15-10)16-9-5-8-11-6-3-2-4-7-11/h2-4,6-7H,5,8-9H2,1H3,(H2,14,15). The minimum Gasteiger partial charge on any atom is -0.375 e. The Kier molecular flexibility index (Phi) is 4.45. The molecule has 0 bridgehead atoms. The molecular formula is C13H16N2S2. The summed E-state index contributed by atoms with van der Waals surface area (Å²) in [6.45, 7) is 2.02. The summed E-state index contributed by atoms with van der Waals surface area (Å²) in [5.41, 5.74) is 8.15. The van der Waals surface area contributed by atoms with Gasteiger partial charge < -0.3 is 5.73 Å². The van der Waals surface area contributed by atoms with Crippen LogP contribution < -0.4 is 5.73 Å². The van der Waals surface area contributed by atoms with E-state index >= 15 is 0 Å². The minimum atomic E-state index is 0.674. The summed E-state index contributed by atoms with van der Waals surface area (Å²) < 4.78 is 1.26. The first kappa shape index (κ1) is 12.5. The summed E-state index contributed by atoms with van der Waals surface area (Å²) in [5, 5.41) is 0.674. The van der Waals surface area contributed by atoms with Crippen molar-refractivity contribution in [3.05, 3.63) is 41.6 Å². The maximum atomic E-state index is 5.67. The zero-order valence-corrected chi connectivity index (χ0v) is 11.5. The van der Waals surface area contributed by atoms with Crippen molar-refractivity contribution in [2.45, 2.75) is 24.0 Å². The molecule has 0 saturated heterocycles. The topological polar surface area (TPSA) is 38.9 Å². The van der Waals surface area contributed by atoms with E-state index in [4.69, 9.17) is 5.73 Å². The van der Waals surface area contributed by atoms with Crippen LogP contribution in [0.15, 0.2) is 34.5 Å². The summed E-state index contributed by atoms with van der Waals surface area (Å²) >= 11 is 3.45. The third kappa shape index (κ3) is 3.75.